The van der Waals surface area contributed by atoms with E-state index in [0.29, 0.717) is 32.6 Å². The molecule has 4 aromatic rings. The van der Waals surface area contributed by atoms with Gasteiger partial charge in [0, 0.05) is 21.1 Å². The van der Waals surface area contributed by atoms with Crippen LogP contribution in [0.4, 0.5) is 11.4 Å². The number of carbonyl (C=O) groups excluding carboxylic acids is 1. The number of nitrogens with zero attached hydrogens (tertiary/aromatic N) is 1. The lowest BCUT2D eigenvalue weighted by molar-refractivity contribution is 0.102. The fraction of sp³-hybridized carbons (Fsp3) is 0.0435. The van der Waals surface area contributed by atoms with Crippen LogP contribution in [0.15, 0.2) is 82.2 Å². The summed E-state index contributed by atoms with van der Waals surface area (Å²) in [5.74, 6) is -0.333. The minimum atomic E-state index is -0.333. The third-order valence-electron chi connectivity index (χ3n) is 4.46. The van der Waals surface area contributed by atoms with Gasteiger partial charge in [0.15, 0.2) is 0 Å². The number of nitrogens with one attached hydrogen (secondary N) is 1. The summed E-state index contributed by atoms with van der Waals surface area (Å²) in [4.78, 5) is 17.6. The molecule has 0 fully saturated rings. The van der Waals surface area contributed by atoms with Crippen molar-refractivity contribution in [2.75, 3.05) is 5.32 Å². The maximum Gasteiger partial charge on any atom is 0.261 e. The molecule has 0 radical (unpaired) electrons. The van der Waals surface area contributed by atoms with Crippen molar-refractivity contribution in [2.45, 2.75) is 6.92 Å². The molecular formula is C23H16Cl2N2O2. The van der Waals surface area contributed by atoms with Gasteiger partial charge in [-0.15, -0.1) is 0 Å². The van der Waals surface area contributed by atoms with E-state index >= 15 is 0 Å². The summed E-state index contributed by atoms with van der Waals surface area (Å²) in [6, 6.07) is 21.6. The summed E-state index contributed by atoms with van der Waals surface area (Å²) in [7, 11) is 0. The lowest BCUT2D eigenvalue weighted by Crippen LogP contribution is -2.21. The number of benzene rings is 3. The highest BCUT2D eigenvalue weighted by atomic mass is 35.5. The van der Waals surface area contributed by atoms with Crippen molar-refractivity contribution >= 4 is 51.5 Å². The van der Waals surface area contributed by atoms with Gasteiger partial charge in [0.25, 0.3) is 5.91 Å². The fourth-order valence-corrected chi connectivity index (χ4v) is 3.17. The van der Waals surface area contributed by atoms with Crippen molar-refractivity contribution in [3.8, 4) is 0 Å². The molecule has 1 N–H and O–H groups in total. The van der Waals surface area contributed by atoms with Crippen LogP contribution >= 0.6 is 23.2 Å². The highest BCUT2D eigenvalue weighted by Gasteiger charge is 2.14. The number of halogens is 2. The summed E-state index contributed by atoms with van der Waals surface area (Å²) in [5.41, 5.74) is 3.23. The molecule has 6 heteroatoms. The average molecular weight is 423 g/mol. The monoisotopic (exact) mass is 422 g/mol. The van der Waals surface area contributed by atoms with Crippen molar-refractivity contribution in [3.63, 3.8) is 0 Å². The van der Waals surface area contributed by atoms with E-state index in [0.717, 1.165) is 10.9 Å². The Labute approximate surface area is 177 Å². The Bertz CT molecular complexity index is 1280. The Morgan fingerprint density at radius 1 is 0.966 bits per heavy atom. The fourth-order valence-electron chi connectivity index (χ4n) is 2.87. The molecule has 3 aromatic carbocycles. The SMILES string of the molecule is Cc1c(Cl)cccc1N=c1oc2ccccc2cc1C(=O)Nc1ccc(Cl)cc1. The van der Waals surface area contributed by atoms with Crippen LogP contribution in [0.5, 0.6) is 0 Å². The van der Waals surface area contributed by atoms with Crippen LogP contribution in [0.2, 0.25) is 10.0 Å². The molecule has 0 saturated heterocycles. The van der Waals surface area contributed by atoms with E-state index in [2.05, 4.69) is 10.3 Å². The molecule has 0 spiro atoms. The van der Waals surface area contributed by atoms with Crippen LogP contribution in [0.1, 0.15) is 15.9 Å². The maximum atomic E-state index is 13.0. The zero-order valence-corrected chi connectivity index (χ0v) is 17.0. The number of carbonyl (C=O) groups is 1. The molecule has 0 unspecified atom stereocenters. The molecule has 1 aromatic heterocycles. The molecule has 0 aliphatic carbocycles. The first kappa shape index (κ1) is 19.2. The molecular weight excluding hydrogens is 407 g/mol. The van der Waals surface area contributed by atoms with E-state index in [4.69, 9.17) is 27.6 Å². The Hall–Kier alpha value is -3.08. The second-order valence-corrected chi connectivity index (χ2v) is 7.30. The largest absolute Gasteiger partial charge is 0.438 e. The number of amides is 1. The van der Waals surface area contributed by atoms with Gasteiger partial charge in [0.1, 0.15) is 11.1 Å². The minimum Gasteiger partial charge on any atom is -0.438 e. The van der Waals surface area contributed by atoms with Crippen LogP contribution < -0.4 is 10.9 Å². The molecule has 0 bridgehead atoms. The lowest BCUT2D eigenvalue weighted by atomic mass is 10.1. The van der Waals surface area contributed by atoms with Crippen LogP contribution in [-0.4, -0.2) is 5.91 Å². The normalized spacial score (nSPS) is 11.6. The van der Waals surface area contributed by atoms with Gasteiger partial charge in [-0.25, -0.2) is 4.99 Å². The van der Waals surface area contributed by atoms with E-state index in [9.17, 15) is 4.79 Å². The second kappa shape index (κ2) is 8.11. The molecule has 0 saturated carbocycles. The van der Waals surface area contributed by atoms with E-state index in [1.54, 1.807) is 36.4 Å². The van der Waals surface area contributed by atoms with E-state index in [-0.39, 0.29) is 11.5 Å². The van der Waals surface area contributed by atoms with Gasteiger partial charge >= 0.3 is 0 Å². The number of rotatable bonds is 3. The zero-order valence-electron chi connectivity index (χ0n) is 15.4. The van der Waals surface area contributed by atoms with E-state index in [1.807, 2.05) is 43.3 Å². The molecule has 0 aliphatic rings. The summed E-state index contributed by atoms with van der Waals surface area (Å²) < 4.78 is 5.98. The molecule has 144 valence electrons. The minimum absolute atomic E-state index is 0.209. The summed E-state index contributed by atoms with van der Waals surface area (Å²) in [6.45, 7) is 1.87. The molecule has 0 atom stereocenters. The molecule has 29 heavy (non-hydrogen) atoms. The Morgan fingerprint density at radius 3 is 2.52 bits per heavy atom. The van der Waals surface area contributed by atoms with Gasteiger partial charge in [-0.1, -0.05) is 47.5 Å². The lowest BCUT2D eigenvalue weighted by Gasteiger charge is -2.08. The van der Waals surface area contributed by atoms with Gasteiger partial charge in [0.05, 0.1) is 5.69 Å². The predicted octanol–water partition coefficient (Wildman–Crippen LogP) is 6.53. The first-order chi connectivity index (χ1) is 14.0. The molecule has 4 rings (SSSR count). The maximum absolute atomic E-state index is 13.0. The summed E-state index contributed by atoms with van der Waals surface area (Å²) in [5, 5.41) is 4.85. The van der Waals surface area contributed by atoms with Gasteiger partial charge in [-0.2, -0.15) is 0 Å². The van der Waals surface area contributed by atoms with Crippen LogP contribution in [0.25, 0.3) is 11.0 Å². The van der Waals surface area contributed by atoms with Crippen LogP contribution in [0.3, 0.4) is 0 Å². The van der Waals surface area contributed by atoms with Gasteiger partial charge in [-0.05, 0) is 61.0 Å². The van der Waals surface area contributed by atoms with Crippen molar-refractivity contribution in [1.29, 1.82) is 0 Å². The summed E-state index contributed by atoms with van der Waals surface area (Å²) in [6.07, 6.45) is 0. The van der Waals surface area contributed by atoms with Crippen molar-refractivity contribution in [1.82, 2.24) is 0 Å². The van der Waals surface area contributed by atoms with Crippen molar-refractivity contribution in [2.24, 2.45) is 4.99 Å². The highest BCUT2D eigenvalue weighted by Crippen LogP contribution is 2.25. The number of hydrogen-bond donors (Lipinski definition) is 1. The zero-order chi connectivity index (χ0) is 20.4. The van der Waals surface area contributed by atoms with Crippen LogP contribution in [0, 0.1) is 6.92 Å². The van der Waals surface area contributed by atoms with Crippen LogP contribution in [-0.2, 0) is 0 Å². The third-order valence-corrected chi connectivity index (χ3v) is 5.13. The van der Waals surface area contributed by atoms with Crippen molar-refractivity contribution < 1.29 is 9.21 Å². The smallest absolute Gasteiger partial charge is 0.261 e. The first-order valence-corrected chi connectivity index (χ1v) is 9.66. The molecule has 4 nitrogen and oxygen atoms in total. The van der Waals surface area contributed by atoms with Gasteiger partial charge < -0.3 is 9.73 Å². The predicted molar refractivity (Wildman–Crippen MR) is 117 cm³/mol. The molecule has 1 amide bonds. The topological polar surface area (TPSA) is 54.6 Å². The number of fused-ring (bicyclic) bond motifs is 1. The Morgan fingerprint density at radius 2 is 1.72 bits per heavy atom. The Kier molecular flexibility index (Phi) is 5.38. The van der Waals surface area contributed by atoms with Crippen molar-refractivity contribution in [3.05, 3.63) is 99.5 Å². The third kappa shape index (κ3) is 4.19. The number of anilines is 1. The van der Waals surface area contributed by atoms with Gasteiger partial charge in [-0.3, -0.25) is 4.79 Å². The first-order valence-electron chi connectivity index (χ1n) is 8.91. The standard InChI is InChI=1S/C23H16Cl2N2O2/c1-14-19(25)6-4-7-20(14)27-23-18(13-15-5-2-3-8-21(15)29-23)22(28)26-17-11-9-16(24)10-12-17/h2-13H,1H3,(H,26,28). The summed E-state index contributed by atoms with van der Waals surface area (Å²) >= 11 is 12.1. The highest BCUT2D eigenvalue weighted by molar-refractivity contribution is 6.31. The average Bonchev–Trinajstić information content (AvgIpc) is 2.72. The Balaban J connectivity index is 1.86. The van der Waals surface area contributed by atoms with E-state index < -0.39 is 0 Å². The molecule has 0 aliphatic heterocycles. The number of para-hydroxylation sites is 1. The van der Waals surface area contributed by atoms with Gasteiger partial charge in [0.2, 0.25) is 5.55 Å². The van der Waals surface area contributed by atoms with E-state index in [1.165, 1.54) is 0 Å². The quantitative estimate of drug-likeness (QED) is 0.407. The molecule has 1 heterocycles. The second-order valence-electron chi connectivity index (χ2n) is 6.46. The number of hydrogen-bond acceptors (Lipinski definition) is 3.